The molecule has 2 aromatic heterocycles. The Kier molecular flexibility index (Phi) is 5.40. The Labute approximate surface area is 132 Å². The van der Waals surface area contributed by atoms with Gasteiger partial charge in [0.1, 0.15) is 0 Å². The van der Waals surface area contributed by atoms with Crippen molar-refractivity contribution in [3.63, 3.8) is 0 Å². The number of pyridine rings is 1. The van der Waals surface area contributed by atoms with Crippen LogP contribution in [0, 0.1) is 0 Å². The molecule has 2 rings (SSSR count). The Morgan fingerprint density at radius 2 is 2.17 bits per heavy atom. The molecule has 0 aliphatic carbocycles. The largest absolute Gasteiger partial charge is 0.448 e. The first-order valence-electron chi connectivity index (χ1n) is 6.71. The second kappa shape index (κ2) is 7.69. The van der Waals surface area contributed by atoms with Gasteiger partial charge in [-0.15, -0.1) is 0 Å². The van der Waals surface area contributed by atoms with Crippen molar-refractivity contribution < 1.29 is 18.8 Å². The number of hydrogen-bond donors (Lipinski definition) is 1. The zero-order chi connectivity index (χ0) is 16.7. The van der Waals surface area contributed by atoms with Crippen LogP contribution in [0.1, 0.15) is 5.69 Å². The van der Waals surface area contributed by atoms with E-state index in [1.807, 2.05) is 0 Å². The van der Waals surface area contributed by atoms with Gasteiger partial charge in [0.2, 0.25) is 18.1 Å². The van der Waals surface area contributed by atoms with E-state index in [1.54, 1.807) is 36.6 Å². The molecule has 0 unspecified atom stereocenters. The van der Waals surface area contributed by atoms with E-state index < -0.39 is 11.8 Å². The van der Waals surface area contributed by atoms with E-state index in [0.29, 0.717) is 11.6 Å². The summed E-state index contributed by atoms with van der Waals surface area (Å²) in [5.41, 5.74) is 0.411. The third kappa shape index (κ3) is 4.13. The fourth-order valence-corrected chi connectivity index (χ4v) is 1.81. The van der Waals surface area contributed by atoms with Crippen LogP contribution < -0.4 is 10.2 Å². The van der Waals surface area contributed by atoms with Gasteiger partial charge in [-0.3, -0.25) is 24.3 Å². The first-order chi connectivity index (χ1) is 11.1. The molecular weight excluding hydrogens is 298 g/mol. The maximum Gasteiger partial charge on any atom is 0.262 e. The van der Waals surface area contributed by atoms with Gasteiger partial charge < -0.3 is 9.73 Å². The van der Waals surface area contributed by atoms with Crippen LogP contribution in [0.5, 0.6) is 0 Å². The van der Waals surface area contributed by atoms with Crippen molar-refractivity contribution >= 4 is 29.6 Å². The van der Waals surface area contributed by atoms with Gasteiger partial charge in [0, 0.05) is 25.4 Å². The molecule has 0 aromatic carbocycles. The van der Waals surface area contributed by atoms with Crippen molar-refractivity contribution in [2.75, 3.05) is 18.5 Å². The summed E-state index contributed by atoms with van der Waals surface area (Å²) in [6, 6.07) is 8.28. The molecule has 0 aliphatic rings. The number of carbonyl (C=O) groups is 2. The highest BCUT2D eigenvalue weighted by atomic mass is 16.3. The van der Waals surface area contributed by atoms with Gasteiger partial charge in [-0.2, -0.15) is 0 Å². The number of carbonyl (C=O) groups excluding carboxylic acids is 3. The average Bonchev–Trinajstić information content (AvgIpc) is 3.12. The van der Waals surface area contributed by atoms with E-state index >= 15 is 0 Å². The number of nitrogens with zero attached hydrogens (tertiary/aromatic N) is 2. The van der Waals surface area contributed by atoms with Crippen molar-refractivity contribution in [1.82, 2.24) is 10.3 Å². The number of rotatable bonds is 6. The summed E-state index contributed by atoms with van der Waals surface area (Å²) in [6.45, 7) is -0.257. The van der Waals surface area contributed by atoms with Crippen molar-refractivity contribution in [2.45, 2.75) is 0 Å². The number of amides is 2. The maximum absolute atomic E-state index is 12.7. The number of anilines is 1. The summed E-state index contributed by atoms with van der Waals surface area (Å²) in [6.07, 6.45) is 5.60. The minimum absolute atomic E-state index is 0.0768. The second-order valence-electron chi connectivity index (χ2n) is 4.45. The summed E-state index contributed by atoms with van der Waals surface area (Å²) < 4.78 is 5.18. The van der Waals surface area contributed by atoms with E-state index in [-0.39, 0.29) is 12.1 Å². The standard InChI is InChI=1S/C16H14N3O4/c1-19(15-6-4-10-23-15)16(22)12(11-14(21)18-8-9-20)13-5-2-3-7-17-13/h2-7,10-11H,8H2,1H3,(H,18,21). The van der Waals surface area contributed by atoms with Crippen LogP contribution in [0.15, 0.2) is 53.3 Å². The van der Waals surface area contributed by atoms with E-state index in [9.17, 15) is 14.4 Å². The quantitative estimate of drug-likeness (QED) is 0.802. The van der Waals surface area contributed by atoms with Crippen LogP contribution in [-0.2, 0) is 14.4 Å². The molecule has 0 spiro atoms. The highest BCUT2D eigenvalue weighted by Crippen LogP contribution is 2.20. The van der Waals surface area contributed by atoms with Crippen molar-refractivity contribution in [3.05, 3.63) is 54.6 Å². The Morgan fingerprint density at radius 1 is 1.35 bits per heavy atom. The highest BCUT2D eigenvalue weighted by molar-refractivity contribution is 6.28. The summed E-state index contributed by atoms with van der Waals surface area (Å²) >= 11 is 0. The topological polar surface area (TPSA) is 92.5 Å². The molecule has 0 fully saturated rings. The number of aromatic nitrogens is 1. The predicted molar refractivity (Wildman–Crippen MR) is 83.0 cm³/mol. The predicted octanol–water partition coefficient (Wildman–Crippen LogP) is 0.947. The second-order valence-corrected chi connectivity index (χ2v) is 4.45. The first kappa shape index (κ1) is 16.2. The maximum atomic E-state index is 12.7. The molecule has 1 N–H and O–H groups in total. The summed E-state index contributed by atoms with van der Waals surface area (Å²) in [4.78, 5) is 40.0. The van der Waals surface area contributed by atoms with Gasteiger partial charge in [0.05, 0.1) is 24.1 Å². The summed E-state index contributed by atoms with van der Waals surface area (Å²) in [7, 11) is 1.52. The summed E-state index contributed by atoms with van der Waals surface area (Å²) in [5.74, 6) is -0.724. The third-order valence-electron chi connectivity index (χ3n) is 2.92. The van der Waals surface area contributed by atoms with Crippen molar-refractivity contribution in [1.29, 1.82) is 0 Å². The smallest absolute Gasteiger partial charge is 0.262 e. The third-order valence-corrected chi connectivity index (χ3v) is 2.92. The molecule has 23 heavy (non-hydrogen) atoms. The van der Waals surface area contributed by atoms with Crippen LogP contribution in [0.4, 0.5) is 5.88 Å². The van der Waals surface area contributed by atoms with Gasteiger partial charge in [-0.05, 0) is 18.2 Å². The molecule has 7 nitrogen and oxygen atoms in total. The van der Waals surface area contributed by atoms with Gasteiger partial charge in [-0.25, -0.2) is 0 Å². The van der Waals surface area contributed by atoms with E-state index in [4.69, 9.17) is 4.42 Å². The van der Waals surface area contributed by atoms with Crippen molar-refractivity contribution in [3.8, 4) is 0 Å². The fourth-order valence-electron chi connectivity index (χ4n) is 1.81. The summed E-state index contributed by atoms with van der Waals surface area (Å²) in [5, 5.41) is 2.30. The SMILES string of the molecule is CN(C(=O)C(=CC(=O)NC[C]=O)c1ccccn1)c1ccco1. The fraction of sp³-hybridized carbons (Fsp3) is 0.125. The van der Waals surface area contributed by atoms with Gasteiger partial charge in [-0.1, -0.05) is 6.07 Å². The molecule has 117 valence electrons. The lowest BCUT2D eigenvalue weighted by molar-refractivity contribution is -0.117. The number of hydrogen-bond acceptors (Lipinski definition) is 5. The lowest BCUT2D eigenvalue weighted by atomic mass is 10.1. The molecule has 0 bridgehead atoms. The minimum atomic E-state index is -0.588. The normalized spacial score (nSPS) is 10.9. The van der Waals surface area contributed by atoms with Crippen LogP contribution in [-0.4, -0.2) is 36.7 Å². The van der Waals surface area contributed by atoms with E-state index in [1.165, 1.54) is 24.4 Å². The minimum Gasteiger partial charge on any atom is -0.448 e. The molecule has 0 aliphatic heterocycles. The monoisotopic (exact) mass is 312 g/mol. The van der Waals surface area contributed by atoms with Crippen LogP contribution in [0.2, 0.25) is 0 Å². The van der Waals surface area contributed by atoms with Crippen molar-refractivity contribution in [2.24, 2.45) is 0 Å². The Hall–Kier alpha value is -3.22. The van der Waals surface area contributed by atoms with Crippen LogP contribution >= 0.6 is 0 Å². The lowest BCUT2D eigenvalue weighted by Crippen LogP contribution is -2.29. The Bertz CT molecular complexity index is 708. The molecule has 7 heteroatoms. The number of likely N-dealkylation sites (N-methyl/N-ethyl adjacent to an activating group) is 1. The zero-order valence-corrected chi connectivity index (χ0v) is 12.4. The molecule has 0 atom stereocenters. The Morgan fingerprint density at radius 3 is 2.78 bits per heavy atom. The van der Waals surface area contributed by atoms with Gasteiger partial charge in [0.25, 0.3) is 5.91 Å². The van der Waals surface area contributed by atoms with Gasteiger partial charge >= 0.3 is 0 Å². The Balaban J connectivity index is 2.33. The first-order valence-corrected chi connectivity index (χ1v) is 6.71. The van der Waals surface area contributed by atoms with Crippen LogP contribution in [0.3, 0.4) is 0 Å². The van der Waals surface area contributed by atoms with Gasteiger partial charge in [0.15, 0.2) is 0 Å². The lowest BCUT2D eigenvalue weighted by Gasteiger charge is -2.16. The number of furan rings is 1. The molecule has 2 amide bonds. The molecule has 2 heterocycles. The molecule has 0 saturated carbocycles. The molecule has 1 radical (unpaired) electrons. The zero-order valence-electron chi connectivity index (χ0n) is 12.4. The molecule has 2 aromatic rings. The molecule has 0 saturated heterocycles. The van der Waals surface area contributed by atoms with Crippen LogP contribution in [0.25, 0.3) is 5.57 Å². The number of nitrogens with one attached hydrogen (secondary N) is 1. The molecular formula is C16H14N3O4. The van der Waals surface area contributed by atoms with E-state index in [2.05, 4.69) is 10.3 Å². The van der Waals surface area contributed by atoms with E-state index in [0.717, 1.165) is 6.08 Å². The average molecular weight is 312 g/mol. The highest BCUT2D eigenvalue weighted by Gasteiger charge is 2.21.